The number of nitrogens with two attached hydrogens (primary N) is 1. The van der Waals surface area contributed by atoms with Gasteiger partial charge in [0, 0.05) is 36.7 Å². The first kappa shape index (κ1) is 36.9. The van der Waals surface area contributed by atoms with Gasteiger partial charge in [0.2, 0.25) is 5.91 Å². The molecule has 230 valence electrons. The van der Waals surface area contributed by atoms with E-state index in [0.29, 0.717) is 24.0 Å². The number of hydrogen-bond donors (Lipinski definition) is 2. The molecule has 2 N–H and O–H groups in total. The second-order valence-corrected chi connectivity index (χ2v) is 10.9. The van der Waals surface area contributed by atoms with Gasteiger partial charge in [-0.25, -0.2) is 0 Å². The van der Waals surface area contributed by atoms with Crippen molar-refractivity contribution in [1.82, 2.24) is 0 Å². The maximum absolute atomic E-state index is 11.9. The molecule has 0 bridgehead atoms. The number of carbonyl (C=O) groups is 1. The lowest BCUT2D eigenvalue weighted by atomic mass is 9.99. The summed E-state index contributed by atoms with van der Waals surface area (Å²) < 4.78 is 11.9. The first-order valence-electron chi connectivity index (χ1n) is 15.3. The monoisotopic (exact) mass is 604 g/mol. The van der Waals surface area contributed by atoms with Crippen molar-refractivity contribution >= 4 is 35.8 Å². The minimum Gasteiger partial charge on any atom is -0.491 e. The molecule has 1 aliphatic rings. The lowest BCUT2D eigenvalue weighted by Crippen LogP contribution is -2.31. The van der Waals surface area contributed by atoms with Crippen LogP contribution < -0.4 is 15.4 Å². The Morgan fingerprint density at radius 3 is 2.61 bits per heavy atom. The number of benzene rings is 2. The molecule has 3 atom stereocenters. The topological polar surface area (TPSA) is 64.8 Å². The van der Waals surface area contributed by atoms with Gasteiger partial charge in [0.15, 0.2) is 0 Å². The van der Waals surface area contributed by atoms with Gasteiger partial charge in [0.25, 0.3) is 0 Å². The molecular weight excluding hydrogens is 552 g/mol. The van der Waals surface area contributed by atoms with E-state index in [-0.39, 0.29) is 6.10 Å². The number of thiol groups is 1. The van der Waals surface area contributed by atoms with E-state index in [9.17, 15) is 4.79 Å². The van der Waals surface area contributed by atoms with Gasteiger partial charge in [0.1, 0.15) is 5.75 Å². The molecule has 0 aromatic heterocycles. The fourth-order valence-electron chi connectivity index (χ4n) is 4.70. The van der Waals surface area contributed by atoms with Crippen molar-refractivity contribution in [1.29, 1.82) is 0 Å². The minimum absolute atomic E-state index is 0.0836. The third-order valence-corrected chi connectivity index (χ3v) is 7.78. The molecule has 2 aromatic carbocycles. The molecule has 2 aromatic rings. The quantitative estimate of drug-likeness (QED) is 0.167. The number of anilines is 1. The average molecular weight is 605 g/mol. The number of ether oxygens (including phenoxy) is 2. The van der Waals surface area contributed by atoms with Gasteiger partial charge in [0.05, 0.1) is 18.4 Å². The standard InChI is InChI=1S/C30H41ClN2O3S.2C2H6/c1-22(21-37)7-3-12-27(35-2)13-6-16-33-19-24(10-4-8-23-9-5-11-26(31)17-23)20-36-29-15-14-25(30(32)34)18-28(29)33;2*1-2/h3,5,9,11-12,14-15,17-18,22,24,27,37H,4,6-8,10,13,16,19-21H2,1-2H3,(H2,32,34);2*1-2H3/b12-3+;;/t22-,24?,27-;;/m0../s1. The van der Waals surface area contributed by atoms with Gasteiger partial charge in [-0.15, -0.1) is 0 Å². The van der Waals surface area contributed by atoms with Gasteiger partial charge in [-0.1, -0.05) is 70.5 Å². The van der Waals surface area contributed by atoms with E-state index in [1.54, 1.807) is 13.2 Å². The van der Waals surface area contributed by atoms with Crippen LogP contribution in [0.25, 0.3) is 0 Å². The zero-order valence-corrected chi connectivity index (χ0v) is 27.7. The Bertz CT molecular complexity index is 1030. The Labute approximate surface area is 260 Å². The molecule has 0 aliphatic carbocycles. The molecule has 1 unspecified atom stereocenters. The highest BCUT2D eigenvalue weighted by Crippen LogP contribution is 2.34. The van der Waals surface area contributed by atoms with Crippen LogP contribution in [0.1, 0.15) is 82.6 Å². The Hall–Kier alpha value is -2.15. The van der Waals surface area contributed by atoms with Crippen molar-refractivity contribution in [3.8, 4) is 5.75 Å². The number of carbonyl (C=O) groups excluding carboxylic acids is 1. The van der Waals surface area contributed by atoms with Crippen molar-refractivity contribution in [2.24, 2.45) is 17.6 Å². The Balaban J connectivity index is 0.00000201. The predicted octanol–water partition coefficient (Wildman–Crippen LogP) is 8.64. The van der Waals surface area contributed by atoms with E-state index in [1.165, 1.54) is 5.56 Å². The molecule has 3 rings (SSSR count). The molecule has 0 radical (unpaired) electrons. The molecule has 5 nitrogen and oxygen atoms in total. The van der Waals surface area contributed by atoms with Crippen molar-refractivity contribution in [3.05, 3.63) is 70.8 Å². The van der Waals surface area contributed by atoms with Crippen LogP contribution in [0.2, 0.25) is 5.02 Å². The van der Waals surface area contributed by atoms with E-state index in [1.807, 2.05) is 58.0 Å². The van der Waals surface area contributed by atoms with Crippen LogP contribution in [0.3, 0.4) is 0 Å². The van der Waals surface area contributed by atoms with Gasteiger partial charge >= 0.3 is 0 Å². The summed E-state index contributed by atoms with van der Waals surface area (Å²) in [5.41, 5.74) is 8.30. The van der Waals surface area contributed by atoms with Crippen LogP contribution in [0.5, 0.6) is 5.75 Å². The van der Waals surface area contributed by atoms with E-state index in [0.717, 1.165) is 73.8 Å². The third-order valence-electron chi connectivity index (χ3n) is 6.92. The molecule has 41 heavy (non-hydrogen) atoms. The van der Waals surface area contributed by atoms with Crippen molar-refractivity contribution < 1.29 is 14.3 Å². The van der Waals surface area contributed by atoms with Gasteiger partial charge < -0.3 is 20.1 Å². The predicted molar refractivity (Wildman–Crippen MR) is 180 cm³/mol. The lowest BCUT2D eigenvalue weighted by Gasteiger charge is -2.27. The number of hydrogen-bond acceptors (Lipinski definition) is 5. The Morgan fingerprint density at radius 2 is 1.95 bits per heavy atom. The minimum atomic E-state index is -0.426. The number of methoxy groups -OCH3 is 1. The van der Waals surface area contributed by atoms with Crippen molar-refractivity contribution in [2.45, 2.75) is 79.2 Å². The van der Waals surface area contributed by atoms with Crippen LogP contribution in [-0.4, -0.2) is 44.6 Å². The maximum atomic E-state index is 11.9. The summed E-state index contributed by atoms with van der Waals surface area (Å²) in [6.07, 6.45) is 10.4. The fourth-order valence-corrected chi connectivity index (χ4v) is 5.06. The summed E-state index contributed by atoms with van der Waals surface area (Å²) in [6, 6.07) is 13.6. The molecule has 0 spiro atoms. The molecule has 0 fully saturated rings. The zero-order valence-electron chi connectivity index (χ0n) is 26.1. The number of allylic oxidation sites excluding steroid dienone is 1. The maximum Gasteiger partial charge on any atom is 0.248 e. The van der Waals surface area contributed by atoms with Crippen molar-refractivity contribution in [2.75, 3.05) is 37.5 Å². The smallest absolute Gasteiger partial charge is 0.248 e. The van der Waals surface area contributed by atoms with Crippen LogP contribution in [0.15, 0.2) is 54.6 Å². The number of primary amides is 1. The number of halogens is 1. The number of nitrogens with zero attached hydrogens (tertiary/aromatic N) is 1. The summed E-state index contributed by atoms with van der Waals surface area (Å²) >= 11 is 10.5. The highest BCUT2D eigenvalue weighted by atomic mass is 35.5. The molecule has 0 saturated carbocycles. The molecule has 1 heterocycles. The largest absolute Gasteiger partial charge is 0.491 e. The number of aryl methyl sites for hydroxylation is 1. The summed E-state index contributed by atoms with van der Waals surface area (Å²) in [5, 5.41) is 0.780. The van der Waals surface area contributed by atoms with Gasteiger partial charge in [-0.3, -0.25) is 4.79 Å². The second kappa shape index (κ2) is 21.5. The van der Waals surface area contributed by atoms with Gasteiger partial charge in [-0.05, 0) is 86.1 Å². The molecule has 7 heteroatoms. The highest BCUT2D eigenvalue weighted by Gasteiger charge is 2.24. The lowest BCUT2D eigenvalue weighted by molar-refractivity contribution is 0.1000. The SMILES string of the molecule is CC.CC.CO[C@@H](/C=C/C[C@H](C)CS)CCCN1CC(CCCc2cccc(Cl)c2)COc2ccc(C(N)=O)cc21. The van der Waals surface area contributed by atoms with E-state index < -0.39 is 5.91 Å². The van der Waals surface area contributed by atoms with Crippen molar-refractivity contribution in [3.63, 3.8) is 0 Å². The third kappa shape index (κ3) is 13.6. The molecule has 0 saturated heterocycles. The molecular formula is C34H53ClN2O3S. The second-order valence-electron chi connectivity index (χ2n) is 10.1. The normalized spacial score (nSPS) is 15.8. The van der Waals surface area contributed by atoms with Gasteiger partial charge in [-0.2, -0.15) is 12.6 Å². The van der Waals surface area contributed by atoms with Crippen LogP contribution in [0.4, 0.5) is 5.69 Å². The first-order chi connectivity index (χ1) is 19.9. The van der Waals surface area contributed by atoms with Crippen LogP contribution in [0, 0.1) is 11.8 Å². The average Bonchev–Trinajstić information content (AvgIpc) is 3.17. The Morgan fingerprint density at radius 1 is 1.20 bits per heavy atom. The summed E-state index contributed by atoms with van der Waals surface area (Å²) in [5.74, 6) is 2.20. The van der Waals surface area contributed by atoms with Crippen LogP contribution >= 0.6 is 24.2 Å². The highest BCUT2D eigenvalue weighted by molar-refractivity contribution is 7.80. The summed E-state index contributed by atoms with van der Waals surface area (Å²) in [7, 11) is 1.77. The first-order valence-corrected chi connectivity index (χ1v) is 16.3. The Kier molecular flexibility index (Phi) is 19.4. The van der Waals surface area contributed by atoms with E-state index >= 15 is 0 Å². The van der Waals surface area contributed by atoms with E-state index in [4.69, 9.17) is 26.8 Å². The number of amides is 1. The van der Waals surface area contributed by atoms with Crippen LogP contribution in [-0.2, 0) is 11.2 Å². The zero-order chi connectivity index (χ0) is 30.6. The van der Waals surface area contributed by atoms with E-state index in [2.05, 4.69) is 42.7 Å². The number of fused-ring (bicyclic) bond motifs is 1. The fraction of sp³-hybridized carbons (Fsp3) is 0.559. The molecule has 1 amide bonds. The summed E-state index contributed by atoms with van der Waals surface area (Å²) in [6.45, 7) is 12.6. The molecule has 1 aliphatic heterocycles. The number of rotatable bonds is 14. The summed E-state index contributed by atoms with van der Waals surface area (Å²) in [4.78, 5) is 14.2.